The molecule has 6 nitrogen and oxygen atoms in total. The van der Waals surface area contributed by atoms with Gasteiger partial charge in [-0.05, 0) is 35.9 Å². The fourth-order valence-electron chi connectivity index (χ4n) is 1.91. The number of hydrogen-bond donors (Lipinski definition) is 1. The maximum absolute atomic E-state index is 12.3. The molecule has 0 spiro atoms. The zero-order valence-electron chi connectivity index (χ0n) is 12.3. The molecule has 0 amide bonds. The highest BCUT2D eigenvalue weighted by atomic mass is 35.5. The average molecular weight is 362 g/mol. The Bertz CT molecular complexity index is 935. The van der Waals surface area contributed by atoms with Crippen LogP contribution in [0.1, 0.15) is 0 Å². The zero-order chi connectivity index (χ0) is 17.0. The van der Waals surface area contributed by atoms with Crippen LogP contribution in [0.5, 0.6) is 11.6 Å². The molecule has 1 N–H and O–H groups in total. The van der Waals surface area contributed by atoms with E-state index in [1.807, 2.05) is 6.07 Å². The molecular weight excluding hydrogens is 350 g/mol. The number of halogens is 1. The molecule has 1 heterocycles. The van der Waals surface area contributed by atoms with Gasteiger partial charge in [-0.2, -0.15) is 9.97 Å². The Kier molecular flexibility index (Phi) is 4.64. The van der Waals surface area contributed by atoms with E-state index in [2.05, 4.69) is 14.7 Å². The van der Waals surface area contributed by atoms with E-state index in [4.69, 9.17) is 16.3 Å². The first kappa shape index (κ1) is 16.2. The largest absolute Gasteiger partial charge is 0.439 e. The van der Waals surface area contributed by atoms with Crippen LogP contribution in [0.2, 0.25) is 5.28 Å². The van der Waals surface area contributed by atoms with Crippen molar-refractivity contribution in [2.24, 2.45) is 0 Å². The third-order valence-corrected chi connectivity index (χ3v) is 4.47. The summed E-state index contributed by atoms with van der Waals surface area (Å²) < 4.78 is 32.6. The fourth-order valence-corrected chi connectivity index (χ4v) is 3.09. The molecule has 0 atom stereocenters. The number of hydrogen-bond acceptors (Lipinski definition) is 5. The predicted molar refractivity (Wildman–Crippen MR) is 90.8 cm³/mol. The van der Waals surface area contributed by atoms with Crippen molar-refractivity contribution in [1.29, 1.82) is 0 Å². The molecule has 0 aliphatic carbocycles. The molecule has 1 aromatic heterocycles. The minimum atomic E-state index is -3.77. The molecule has 3 rings (SSSR count). The molecule has 24 heavy (non-hydrogen) atoms. The van der Waals surface area contributed by atoms with Crippen LogP contribution in [-0.2, 0) is 10.0 Å². The van der Waals surface area contributed by atoms with Gasteiger partial charge in [0.25, 0.3) is 10.0 Å². The van der Waals surface area contributed by atoms with Gasteiger partial charge in [0.1, 0.15) is 11.6 Å². The number of ether oxygens (including phenoxy) is 1. The number of benzene rings is 2. The second kappa shape index (κ2) is 6.86. The second-order valence-electron chi connectivity index (χ2n) is 4.69. The molecule has 0 aliphatic heterocycles. The molecule has 3 aromatic rings. The van der Waals surface area contributed by atoms with Crippen molar-refractivity contribution in [2.75, 3.05) is 4.72 Å². The molecule has 122 valence electrons. The third-order valence-electron chi connectivity index (χ3n) is 2.93. The standard InChI is InChI=1S/C16H12ClN3O3S/c17-16-18-14(20-24(21,22)13-9-5-2-6-10-13)11-15(19-16)23-12-7-3-1-4-8-12/h1-11H,(H,18,19,20). The van der Waals surface area contributed by atoms with E-state index in [0.717, 1.165) is 0 Å². The van der Waals surface area contributed by atoms with Crippen LogP contribution in [-0.4, -0.2) is 18.4 Å². The van der Waals surface area contributed by atoms with Gasteiger partial charge in [0.05, 0.1) is 4.90 Å². The van der Waals surface area contributed by atoms with Crippen molar-refractivity contribution in [3.63, 3.8) is 0 Å². The lowest BCUT2D eigenvalue weighted by Crippen LogP contribution is -2.14. The number of anilines is 1. The summed E-state index contributed by atoms with van der Waals surface area (Å²) in [7, 11) is -3.77. The highest BCUT2D eigenvalue weighted by Gasteiger charge is 2.16. The lowest BCUT2D eigenvalue weighted by Gasteiger charge is -2.09. The summed E-state index contributed by atoms with van der Waals surface area (Å²) >= 11 is 5.85. The summed E-state index contributed by atoms with van der Waals surface area (Å²) in [6.07, 6.45) is 0. The van der Waals surface area contributed by atoms with Gasteiger partial charge in [0, 0.05) is 6.07 Å². The normalized spacial score (nSPS) is 11.0. The van der Waals surface area contributed by atoms with Gasteiger partial charge >= 0.3 is 0 Å². The van der Waals surface area contributed by atoms with E-state index in [-0.39, 0.29) is 21.9 Å². The minimum Gasteiger partial charge on any atom is -0.439 e. The number of para-hydroxylation sites is 1. The summed E-state index contributed by atoms with van der Waals surface area (Å²) in [4.78, 5) is 7.92. The van der Waals surface area contributed by atoms with Crippen LogP contribution < -0.4 is 9.46 Å². The Labute approximate surface area is 144 Å². The van der Waals surface area contributed by atoms with Gasteiger partial charge in [0.15, 0.2) is 0 Å². The first-order chi connectivity index (χ1) is 11.5. The number of rotatable bonds is 5. The van der Waals surface area contributed by atoms with Crippen LogP contribution >= 0.6 is 11.6 Å². The van der Waals surface area contributed by atoms with Crippen LogP contribution in [0, 0.1) is 0 Å². The molecule has 0 unspecified atom stereocenters. The topological polar surface area (TPSA) is 81.2 Å². The highest BCUT2D eigenvalue weighted by molar-refractivity contribution is 7.92. The van der Waals surface area contributed by atoms with Crippen molar-refractivity contribution >= 4 is 27.4 Å². The van der Waals surface area contributed by atoms with Crippen molar-refractivity contribution < 1.29 is 13.2 Å². The number of nitrogens with one attached hydrogen (secondary N) is 1. The quantitative estimate of drug-likeness (QED) is 0.700. The molecule has 8 heteroatoms. The van der Waals surface area contributed by atoms with Gasteiger partial charge in [-0.1, -0.05) is 36.4 Å². The Morgan fingerprint density at radius 1 is 0.917 bits per heavy atom. The summed E-state index contributed by atoms with van der Waals surface area (Å²) in [5, 5.41) is -0.130. The number of sulfonamides is 1. The number of nitrogens with zero attached hydrogens (tertiary/aromatic N) is 2. The second-order valence-corrected chi connectivity index (χ2v) is 6.71. The third kappa shape index (κ3) is 4.01. The molecule has 0 aliphatic rings. The van der Waals surface area contributed by atoms with Crippen molar-refractivity contribution in [3.8, 4) is 11.6 Å². The van der Waals surface area contributed by atoms with Gasteiger partial charge < -0.3 is 4.74 Å². The molecule has 0 saturated carbocycles. The van der Waals surface area contributed by atoms with Crippen molar-refractivity contribution in [3.05, 3.63) is 72.0 Å². The lowest BCUT2D eigenvalue weighted by atomic mass is 10.3. The van der Waals surface area contributed by atoms with E-state index < -0.39 is 10.0 Å². The molecule has 0 radical (unpaired) electrons. The fraction of sp³-hybridized carbons (Fsp3) is 0. The molecule has 0 saturated heterocycles. The van der Waals surface area contributed by atoms with Gasteiger partial charge in [-0.3, -0.25) is 4.72 Å². The molecule has 2 aromatic carbocycles. The molecule has 0 fully saturated rings. The van der Waals surface area contributed by atoms with E-state index in [1.165, 1.54) is 18.2 Å². The Hall–Kier alpha value is -2.64. The maximum Gasteiger partial charge on any atom is 0.263 e. The summed E-state index contributed by atoms with van der Waals surface area (Å²) in [5.74, 6) is 0.695. The van der Waals surface area contributed by atoms with Gasteiger partial charge in [-0.15, -0.1) is 0 Å². The predicted octanol–water partition coefficient (Wildman–Crippen LogP) is 3.72. The summed E-state index contributed by atoms with van der Waals surface area (Å²) in [6, 6.07) is 18.2. The van der Waals surface area contributed by atoms with Crippen LogP contribution in [0.4, 0.5) is 5.82 Å². The Balaban J connectivity index is 1.87. The van der Waals surface area contributed by atoms with Gasteiger partial charge in [0.2, 0.25) is 11.2 Å². The SMILES string of the molecule is O=S(=O)(Nc1cc(Oc2ccccc2)nc(Cl)n1)c1ccccc1. The highest BCUT2D eigenvalue weighted by Crippen LogP contribution is 2.24. The van der Waals surface area contributed by atoms with Crippen molar-refractivity contribution in [1.82, 2.24) is 9.97 Å². The smallest absolute Gasteiger partial charge is 0.263 e. The van der Waals surface area contributed by atoms with E-state index in [1.54, 1.807) is 42.5 Å². The maximum atomic E-state index is 12.3. The average Bonchev–Trinajstić information content (AvgIpc) is 2.55. The summed E-state index contributed by atoms with van der Waals surface area (Å²) in [6.45, 7) is 0. The minimum absolute atomic E-state index is 0.0183. The van der Waals surface area contributed by atoms with Crippen LogP contribution in [0.25, 0.3) is 0 Å². The van der Waals surface area contributed by atoms with Crippen LogP contribution in [0.15, 0.2) is 71.6 Å². The van der Waals surface area contributed by atoms with E-state index in [0.29, 0.717) is 5.75 Å². The Morgan fingerprint density at radius 2 is 1.54 bits per heavy atom. The van der Waals surface area contributed by atoms with Crippen molar-refractivity contribution in [2.45, 2.75) is 4.90 Å². The zero-order valence-corrected chi connectivity index (χ0v) is 13.8. The molecule has 0 bridgehead atoms. The van der Waals surface area contributed by atoms with Crippen LogP contribution in [0.3, 0.4) is 0 Å². The first-order valence-corrected chi connectivity index (χ1v) is 8.74. The lowest BCUT2D eigenvalue weighted by molar-refractivity contribution is 0.462. The summed E-state index contributed by atoms with van der Waals surface area (Å²) in [5.41, 5.74) is 0. The van der Waals surface area contributed by atoms with E-state index in [9.17, 15) is 8.42 Å². The molecular formula is C16H12ClN3O3S. The Morgan fingerprint density at radius 3 is 2.21 bits per heavy atom. The van der Waals surface area contributed by atoms with E-state index >= 15 is 0 Å². The first-order valence-electron chi connectivity index (χ1n) is 6.88. The monoisotopic (exact) mass is 361 g/mol. The number of aromatic nitrogens is 2. The van der Waals surface area contributed by atoms with Gasteiger partial charge in [-0.25, -0.2) is 8.42 Å².